The number of methoxy groups -OCH3 is 2. The lowest BCUT2D eigenvalue weighted by atomic mass is 10.2. The molecule has 0 atom stereocenters. The lowest BCUT2D eigenvalue weighted by Crippen LogP contribution is -2.04. The summed E-state index contributed by atoms with van der Waals surface area (Å²) in [7, 11) is 2.95. The Morgan fingerprint density at radius 2 is 2.00 bits per heavy atom. The largest absolute Gasteiger partial charge is 0.493 e. The van der Waals surface area contributed by atoms with E-state index in [2.05, 4.69) is 4.74 Å². The molecule has 1 rings (SSSR count). The van der Waals surface area contributed by atoms with Crippen molar-refractivity contribution in [3.05, 3.63) is 35.4 Å². The van der Waals surface area contributed by atoms with E-state index in [0.717, 1.165) is 5.56 Å². The second-order valence-corrected chi connectivity index (χ2v) is 3.84. The van der Waals surface area contributed by atoms with Gasteiger partial charge in [-0.1, -0.05) is 6.07 Å². The van der Waals surface area contributed by atoms with Gasteiger partial charge in [-0.25, -0.2) is 4.79 Å². The fourth-order valence-corrected chi connectivity index (χ4v) is 1.39. The molecule has 0 spiro atoms. The number of carbonyl (C=O) groups excluding carboxylic acids is 1. The van der Waals surface area contributed by atoms with E-state index in [4.69, 9.17) is 9.47 Å². The third-order valence-corrected chi connectivity index (χ3v) is 2.45. The average molecular weight is 250 g/mol. The SMILES string of the molecule is COC(=O)C(C)=CCOc1ccc(C)cc1OC. The van der Waals surface area contributed by atoms with E-state index in [1.54, 1.807) is 20.1 Å². The topological polar surface area (TPSA) is 44.8 Å². The zero-order chi connectivity index (χ0) is 13.5. The molecule has 0 aromatic heterocycles. The Morgan fingerprint density at radius 3 is 2.61 bits per heavy atom. The Balaban J connectivity index is 2.67. The molecule has 0 aliphatic heterocycles. The summed E-state index contributed by atoms with van der Waals surface area (Å²) in [6.45, 7) is 3.95. The van der Waals surface area contributed by atoms with Gasteiger partial charge in [0.15, 0.2) is 11.5 Å². The van der Waals surface area contributed by atoms with Crippen molar-refractivity contribution >= 4 is 5.97 Å². The summed E-state index contributed by atoms with van der Waals surface area (Å²) >= 11 is 0. The maximum atomic E-state index is 11.2. The summed E-state index contributed by atoms with van der Waals surface area (Å²) in [6, 6.07) is 5.68. The van der Waals surface area contributed by atoms with Gasteiger partial charge in [0.2, 0.25) is 0 Å². The zero-order valence-corrected chi connectivity index (χ0v) is 11.1. The van der Waals surface area contributed by atoms with E-state index in [-0.39, 0.29) is 5.97 Å². The molecule has 0 N–H and O–H groups in total. The minimum atomic E-state index is -0.352. The highest BCUT2D eigenvalue weighted by atomic mass is 16.5. The molecule has 4 heteroatoms. The fraction of sp³-hybridized carbons (Fsp3) is 0.357. The van der Waals surface area contributed by atoms with Gasteiger partial charge < -0.3 is 14.2 Å². The number of carbonyl (C=O) groups is 1. The predicted octanol–water partition coefficient (Wildman–Crippen LogP) is 2.50. The third kappa shape index (κ3) is 3.80. The highest BCUT2D eigenvalue weighted by Crippen LogP contribution is 2.27. The van der Waals surface area contributed by atoms with Gasteiger partial charge in [0.05, 0.1) is 14.2 Å². The molecule has 0 radical (unpaired) electrons. The molecule has 0 aliphatic rings. The lowest BCUT2D eigenvalue weighted by Gasteiger charge is -2.10. The molecular weight excluding hydrogens is 232 g/mol. The van der Waals surface area contributed by atoms with Crippen molar-refractivity contribution in [3.8, 4) is 11.5 Å². The minimum Gasteiger partial charge on any atom is -0.493 e. The molecule has 0 saturated carbocycles. The standard InChI is InChI=1S/C14H18O4/c1-10-5-6-12(13(9-10)16-3)18-8-7-11(2)14(15)17-4/h5-7,9H,8H2,1-4H3. The molecular formula is C14H18O4. The van der Waals surface area contributed by atoms with Crippen molar-refractivity contribution in [1.29, 1.82) is 0 Å². The van der Waals surface area contributed by atoms with Crippen LogP contribution in [0.4, 0.5) is 0 Å². The number of hydrogen-bond acceptors (Lipinski definition) is 4. The van der Waals surface area contributed by atoms with Crippen LogP contribution in [0.1, 0.15) is 12.5 Å². The van der Waals surface area contributed by atoms with E-state index in [9.17, 15) is 4.79 Å². The van der Waals surface area contributed by atoms with Crippen LogP contribution in [-0.2, 0) is 9.53 Å². The maximum Gasteiger partial charge on any atom is 0.333 e. The van der Waals surface area contributed by atoms with Crippen molar-refractivity contribution in [3.63, 3.8) is 0 Å². The summed E-state index contributed by atoms with van der Waals surface area (Å²) in [5.41, 5.74) is 1.61. The number of esters is 1. The zero-order valence-electron chi connectivity index (χ0n) is 11.1. The first kappa shape index (κ1) is 14.1. The van der Waals surface area contributed by atoms with Crippen LogP contribution in [0.25, 0.3) is 0 Å². The average Bonchev–Trinajstić information content (AvgIpc) is 2.39. The number of ether oxygens (including phenoxy) is 3. The van der Waals surface area contributed by atoms with Crippen LogP contribution in [0.3, 0.4) is 0 Å². The van der Waals surface area contributed by atoms with E-state index in [1.165, 1.54) is 7.11 Å². The van der Waals surface area contributed by atoms with Crippen molar-refractivity contribution in [1.82, 2.24) is 0 Å². The van der Waals surface area contributed by atoms with Crippen molar-refractivity contribution < 1.29 is 19.0 Å². The van der Waals surface area contributed by atoms with E-state index >= 15 is 0 Å². The molecule has 1 aromatic rings. The Bertz CT molecular complexity index is 449. The van der Waals surface area contributed by atoms with Crippen molar-refractivity contribution in [2.45, 2.75) is 13.8 Å². The molecule has 18 heavy (non-hydrogen) atoms. The summed E-state index contributed by atoms with van der Waals surface area (Å²) in [5.74, 6) is 0.977. The van der Waals surface area contributed by atoms with Gasteiger partial charge in [-0.05, 0) is 37.6 Å². The quantitative estimate of drug-likeness (QED) is 0.595. The van der Waals surface area contributed by atoms with Gasteiger partial charge in [-0.15, -0.1) is 0 Å². The van der Waals surface area contributed by atoms with E-state index in [1.807, 2.05) is 25.1 Å². The molecule has 0 fully saturated rings. The smallest absolute Gasteiger partial charge is 0.333 e. The van der Waals surface area contributed by atoms with Gasteiger partial charge >= 0.3 is 5.97 Å². The van der Waals surface area contributed by atoms with Gasteiger partial charge in [0, 0.05) is 5.57 Å². The molecule has 1 aromatic carbocycles. The molecule has 0 unspecified atom stereocenters. The second-order valence-electron chi connectivity index (χ2n) is 3.84. The lowest BCUT2D eigenvalue weighted by molar-refractivity contribution is -0.136. The number of hydrogen-bond donors (Lipinski definition) is 0. The van der Waals surface area contributed by atoms with Crippen LogP contribution in [0.5, 0.6) is 11.5 Å². The van der Waals surface area contributed by atoms with Gasteiger partial charge in [0.25, 0.3) is 0 Å². The number of rotatable bonds is 5. The molecule has 0 heterocycles. The highest BCUT2D eigenvalue weighted by molar-refractivity contribution is 5.87. The number of benzene rings is 1. The first-order valence-electron chi connectivity index (χ1n) is 5.61. The summed E-state index contributed by atoms with van der Waals surface area (Å²) in [6.07, 6.45) is 1.67. The third-order valence-electron chi connectivity index (χ3n) is 2.45. The molecule has 98 valence electrons. The Kier molecular flexibility index (Phi) is 5.24. The Morgan fingerprint density at radius 1 is 1.28 bits per heavy atom. The molecule has 0 aliphatic carbocycles. The van der Waals surface area contributed by atoms with Crippen LogP contribution in [0.15, 0.2) is 29.8 Å². The summed E-state index contributed by atoms with van der Waals surface area (Å²) < 4.78 is 15.3. The van der Waals surface area contributed by atoms with Crippen LogP contribution in [0, 0.1) is 6.92 Å². The van der Waals surface area contributed by atoms with Crippen molar-refractivity contribution in [2.24, 2.45) is 0 Å². The van der Waals surface area contributed by atoms with Crippen LogP contribution in [-0.4, -0.2) is 26.8 Å². The highest BCUT2D eigenvalue weighted by Gasteiger charge is 2.05. The fourth-order valence-electron chi connectivity index (χ4n) is 1.39. The number of aryl methyl sites for hydroxylation is 1. The van der Waals surface area contributed by atoms with Gasteiger partial charge in [-0.2, -0.15) is 0 Å². The predicted molar refractivity (Wildman–Crippen MR) is 69.0 cm³/mol. The Hall–Kier alpha value is -1.97. The normalized spacial score (nSPS) is 11.0. The monoisotopic (exact) mass is 250 g/mol. The maximum absolute atomic E-state index is 11.2. The molecule has 0 saturated heterocycles. The van der Waals surface area contributed by atoms with Crippen molar-refractivity contribution in [2.75, 3.05) is 20.8 Å². The molecule has 0 bridgehead atoms. The molecule has 0 amide bonds. The minimum absolute atomic E-state index is 0.292. The van der Waals surface area contributed by atoms with Gasteiger partial charge in [0.1, 0.15) is 6.61 Å². The first-order valence-corrected chi connectivity index (χ1v) is 5.61. The summed E-state index contributed by atoms with van der Waals surface area (Å²) in [5, 5.41) is 0. The summed E-state index contributed by atoms with van der Waals surface area (Å²) in [4.78, 5) is 11.2. The van der Waals surface area contributed by atoms with Crippen LogP contribution >= 0.6 is 0 Å². The van der Waals surface area contributed by atoms with Crippen LogP contribution < -0.4 is 9.47 Å². The van der Waals surface area contributed by atoms with E-state index < -0.39 is 0 Å². The van der Waals surface area contributed by atoms with Gasteiger partial charge in [-0.3, -0.25) is 0 Å². The molecule has 4 nitrogen and oxygen atoms in total. The first-order chi connectivity index (χ1) is 8.58. The van der Waals surface area contributed by atoms with Crippen LogP contribution in [0.2, 0.25) is 0 Å². The van der Waals surface area contributed by atoms with E-state index in [0.29, 0.717) is 23.7 Å². The second kappa shape index (κ2) is 6.69. The Labute approximate surface area is 107 Å².